The van der Waals surface area contributed by atoms with Crippen molar-refractivity contribution in [2.45, 2.75) is 13.5 Å². The first-order chi connectivity index (χ1) is 11.5. The van der Waals surface area contributed by atoms with E-state index >= 15 is 0 Å². The number of pyridine rings is 2. The summed E-state index contributed by atoms with van der Waals surface area (Å²) < 4.78 is 16.7. The van der Waals surface area contributed by atoms with Gasteiger partial charge in [0, 0.05) is 31.4 Å². The monoisotopic (exact) mass is 352 g/mol. The van der Waals surface area contributed by atoms with E-state index in [0.29, 0.717) is 11.1 Å². The number of alkyl halides is 1. The van der Waals surface area contributed by atoms with Crippen molar-refractivity contribution in [2.24, 2.45) is 0 Å². The van der Waals surface area contributed by atoms with E-state index in [9.17, 15) is 14.0 Å². The van der Waals surface area contributed by atoms with E-state index in [-0.39, 0.29) is 35.1 Å². The van der Waals surface area contributed by atoms with Gasteiger partial charge in [-0.05, 0) is 23.8 Å². The predicted molar refractivity (Wildman–Crippen MR) is 85.6 cm³/mol. The van der Waals surface area contributed by atoms with Crippen LogP contribution in [0.3, 0.4) is 0 Å². The maximum absolute atomic E-state index is 12.1. The highest BCUT2D eigenvalue weighted by molar-refractivity contribution is 6.31. The first kappa shape index (κ1) is 17.6. The molecule has 0 radical (unpaired) electrons. The zero-order valence-corrected chi connectivity index (χ0v) is 13.4. The van der Waals surface area contributed by atoms with Gasteiger partial charge < -0.3 is 15.4 Å². The van der Waals surface area contributed by atoms with E-state index in [2.05, 4.69) is 25.3 Å². The van der Waals surface area contributed by atoms with Crippen molar-refractivity contribution in [1.29, 1.82) is 0 Å². The van der Waals surface area contributed by atoms with Gasteiger partial charge in [-0.15, -0.1) is 0 Å². The second-order valence-corrected chi connectivity index (χ2v) is 5.08. The Morgan fingerprint density at radius 1 is 1.33 bits per heavy atom. The van der Waals surface area contributed by atoms with Crippen LogP contribution in [0, 0.1) is 0 Å². The van der Waals surface area contributed by atoms with E-state index in [1.807, 2.05) is 0 Å². The number of amides is 2. The summed E-state index contributed by atoms with van der Waals surface area (Å²) in [5.74, 6) is -0.364. The Morgan fingerprint density at radius 2 is 2.12 bits per heavy atom. The molecule has 0 unspecified atom stereocenters. The average molecular weight is 353 g/mol. The molecule has 2 aromatic rings. The van der Waals surface area contributed by atoms with E-state index in [0.717, 1.165) is 0 Å². The number of carbonyl (C=O) groups is 2. The number of nitrogens with zero attached hydrogens (tertiary/aromatic N) is 2. The van der Waals surface area contributed by atoms with Gasteiger partial charge in [-0.2, -0.15) is 0 Å². The molecule has 2 amide bonds. The Hall–Kier alpha value is -2.74. The molecule has 0 aliphatic rings. The summed E-state index contributed by atoms with van der Waals surface area (Å²) in [6, 6.07) is 4.50. The second-order valence-electron chi connectivity index (χ2n) is 4.68. The Balaban J connectivity index is 2.00. The number of rotatable bonds is 6. The molecule has 2 aromatic heterocycles. The van der Waals surface area contributed by atoms with Crippen molar-refractivity contribution in [3.8, 4) is 5.88 Å². The normalized spacial score (nSPS) is 10.1. The molecule has 2 rings (SSSR count). The first-order valence-corrected chi connectivity index (χ1v) is 7.22. The quantitative estimate of drug-likeness (QED) is 0.832. The number of nitrogens with one attached hydrogen (secondary N) is 2. The van der Waals surface area contributed by atoms with Crippen LogP contribution in [0.5, 0.6) is 5.88 Å². The molecule has 0 bridgehead atoms. The predicted octanol–water partition coefficient (Wildman–Crippen LogP) is 2.32. The van der Waals surface area contributed by atoms with E-state index in [1.54, 1.807) is 0 Å². The summed E-state index contributed by atoms with van der Waals surface area (Å²) >= 11 is 5.89. The van der Waals surface area contributed by atoms with Crippen LogP contribution in [0.2, 0.25) is 5.02 Å². The molecular formula is C15H14ClFN4O3. The fraction of sp³-hybridized carbons (Fsp3) is 0.200. The molecular weight excluding hydrogens is 339 g/mol. The Bertz CT molecular complexity index is 757. The molecule has 0 aliphatic carbocycles. The minimum atomic E-state index is -1.03. The van der Waals surface area contributed by atoms with Crippen LogP contribution in [0.15, 0.2) is 30.6 Å². The zero-order chi connectivity index (χ0) is 17.5. The van der Waals surface area contributed by atoms with Crippen LogP contribution >= 0.6 is 11.6 Å². The highest BCUT2D eigenvalue weighted by atomic mass is 35.5. The van der Waals surface area contributed by atoms with Crippen molar-refractivity contribution in [3.63, 3.8) is 0 Å². The molecule has 7 nitrogen and oxygen atoms in total. The third kappa shape index (κ3) is 4.88. The minimum absolute atomic E-state index is 0.0108. The number of aromatic nitrogens is 2. The van der Waals surface area contributed by atoms with Crippen molar-refractivity contribution in [3.05, 3.63) is 46.7 Å². The van der Waals surface area contributed by atoms with Crippen LogP contribution in [0.25, 0.3) is 0 Å². The van der Waals surface area contributed by atoms with Gasteiger partial charge in [-0.3, -0.25) is 9.59 Å². The molecule has 0 saturated heterocycles. The fourth-order valence-corrected chi connectivity index (χ4v) is 2.07. The second kappa shape index (κ2) is 8.21. The molecule has 9 heteroatoms. The summed E-state index contributed by atoms with van der Waals surface area (Å²) in [6.07, 6.45) is 2.84. The van der Waals surface area contributed by atoms with Crippen LogP contribution < -0.4 is 15.4 Å². The van der Waals surface area contributed by atoms with Gasteiger partial charge >= 0.3 is 0 Å². The highest BCUT2D eigenvalue weighted by Crippen LogP contribution is 2.22. The molecule has 0 aliphatic heterocycles. The molecule has 0 atom stereocenters. The minimum Gasteiger partial charge on any atom is -0.445 e. The van der Waals surface area contributed by atoms with E-state index in [4.69, 9.17) is 11.6 Å². The smallest absolute Gasteiger partial charge is 0.251 e. The SMILES string of the molecule is CC(=O)Nc1cc(C(=O)NCc2cnc(OCF)c(Cl)c2)ccn1. The molecule has 2 heterocycles. The number of anilines is 1. The van der Waals surface area contributed by atoms with Crippen LogP contribution in [-0.4, -0.2) is 28.6 Å². The third-order valence-corrected chi connectivity index (χ3v) is 3.11. The van der Waals surface area contributed by atoms with Gasteiger partial charge in [0.1, 0.15) is 10.8 Å². The number of carbonyl (C=O) groups excluding carboxylic acids is 2. The van der Waals surface area contributed by atoms with Gasteiger partial charge in [0.25, 0.3) is 5.91 Å². The van der Waals surface area contributed by atoms with E-state index in [1.165, 1.54) is 37.5 Å². The lowest BCUT2D eigenvalue weighted by Gasteiger charge is -2.08. The number of hydrogen-bond acceptors (Lipinski definition) is 5. The molecule has 0 spiro atoms. The summed E-state index contributed by atoms with van der Waals surface area (Å²) in [4.78, 5) is 30.9. The van der Waals surface area contributed by atoms with Crippen LogP contribution in [0.1, 0.15) is 22.8 Å². The lowest BCUT2D eigenvalue weighted by atomic mass is 10.2. The first-order valence-electron chi connectivity index (χ1n) is 6.84. The van der Waals surface area contributed by atoms with Crippen molar-refractivity contribution in [2.75, 3.05) is 12.2 Å². The average Bonchev–Trinajstić information content (AvgIpc) is 2.54. The highest BCUT2D eigenvalue weighted by Gasteiger charge is 2.09. The van der Waals surface area contributed by atoms with Gasteiger partial charge in [0.2, 0.25) is 18.6 Å². The summed E-state index contributed by atoms with van der Waals surface area (Å²) in [5, 5.41) is 5.33. The molecule has 0 fully saturated rings. The molecule has 0 aromatic carbocycles. The maximum Gasteiger partial charge on any atom is 0.251 e. The third-order valence-electron chi connectivity index (χ3n) is 2.83. The maximum atomic E-state index is 12.1. The van der Waals surface area contributed by atoms with E-state index < -0.39 is 6.86 Å². The largest absolute Gasteiger partial charge is 0.445 e. The Morgan fingerprint density at radius 3 is 2.79 bits per heavy atom. The molecule has 24 heavy (non-hydrogen) atoms. The van der Waals surface area contributed by atoms with Crippen molar-refractivity contribution in [1.82, 2.24) is 15.3 Å². The number of halogens is 2. The van der Waals surface area contributed by atoms with Gasteiger partial charge in [-0.1, -0.05) is 11.6 Å². The van der Waals surface area contributed by atoms with Crippen LogP contribution in [-0.2, 0) is 11.3 Å². The molecule has 126 valence electrons. The fourth-order valence-electron chi connectivity index (χ4n) is 1.82. The van der Waals surface area contributed by atoms with Crippen LogP contribution in [0.4, 0.5) is 10.2 Å². The molecule has 0 saturated carbocycles. The number of hydrogen-bond donors (Lipinski definition) is 2. The summed E-state index contributed by atoms with van der Waals surface area (Å²) in [6.45, 7) is 0.488. The zero-order valence-electron chi connectivity index (χ0n) is 12.7. The standard InChI is InChI=1S/C15H14ClFN4O3/c1-9(22)21-13-5-11(2-3-18-13)14(23)19-6-10-4-12(16)15(20-7-10)24-8-17/h2-5,7H,6,8H2,1H3,(H,19,23)(H,18,21,22). The van der Waals surface area contributed by atoms with Crippen molar-refractivity contribution < 1.29 is 18.7 Å². The number of ether oxygens (including phenoxy) is 1. The molecule has 2 N–H and O–H groups in total. The summed E-state index contributed by atoms with van der Waals surface area (Å²) in [7, 11) is 0. The lowest BCUT2D eigenvalue weighted by molar-refractivity contribution is -0.114. The van der Waals surface area contributed by atoms with Gasteiger partial charge in [0.15, 0.2) is 0 Å². The topological polar surface area (TPSA) is 93.2 Å². The van der Waals surface area contributed by atoms with Crippen molar-refractivity contribution >= 4 is 29.2 Å². The Kier molecular flexibility index (Phi) is 6.02. The lowest BCUT2D eigenvalue weighted by Crippen LogP contribution is -2.23. The summed E-state index contributed by atoms with van der Waals surface area (Å²) in [5.41, 5.74) is 0.959. The van der Waals surface area contributed by atoms with Gasteiger partial charge in [-0.25, -0.2) is 14.4 Å². The van der Waals surface area contributed by atoms with Gasteiger partial charge in [0.05, 0.1) is 0 Å². The Labute approximate surface area is 142 Å².